The summed E-state index contributed by atoms with van der Waals surface area (Å²) in [4.78, 5) is 12.5. The van der Waals surface area contributed by atoms with Gasteiger partial charge in [0.2, 0.25) is 0 Å². The van der Waals surface area contributed by atoms with E-state index in [1.807, 2.05) is 67.0 Å². The van der Waals surface area contributed by atoms with Crippen molar-refractivity contribution in [3.63, 3.8) is 0 Å². The van der Waals surface area contributed by atoms with Crippen LogP contribution < -0.4 is 56.6 Å². The molecule has 40 heavy (non-hydrogen) atoms. The molecule has 1 unspecified atom stereocenters. The van der Waals surface area contributed by atoms with Crippen molar-refractivity contribution in [2.24, 2.45) is 0 Å². The Hall–Kier alpha value is -1.15. The van der Waals surface area contributed by atoms with E-state index in [4.69, 9.17) is 0 Å². The molecule has 0 fully saturated rings. The standard InChI is InChI=1S/2C11H16N.C7H7N.C4H9.CH4.3Li/c1-3-4-7-10(2)11-8-5-6-9-12-11;1-2-3-4-5-8-11-9-6-7-10-12-11;1-2-7-5-3-4-6-8-7;1-3-4-2;;;;/h5-6,8-10H,2-4,7H2,1H3;6-10H,2-5H2,1H3;2-6H,1H2;1,3-4H2,2H3;1H4;;;/q2*-1;;-1;;3*+1. The summed E-state index contributed by atoms with van der Waals surface area (Å²) in [6.07, 6.45) is 20.3. The van der Waals surface area contributed by atoms with Gasteiger partial charge >= 0.3 is 56.6 Å². The van der Waals surface area contributed by atoms with Crippen LogP contribution in [0.3, 0.4) is 0 Å². The topological polar surface area (TPSA) is 38.7 Å². The molecule has 206 valence electrons. The van der Waals surface area contributed by atoms with Crippen molar-refractivity contribution in [1.82, 2.24) is 15.0 Å². The van der Waals surface area contributed by atoms with Gasteiger partial charge in [0.25, 0.3) is 0 Å². The zero-order valence-corrected chi connectivity index (χ0v) is 26.0. The second-order valence-electron chi connectivity index (χ2n) is 8.36. The molecule has 0 saturated heterocycles. The van der Waals surface area contributed by atoms with Crippen molar-refractivity contribution in [3.05, 3.63) is 117 Å². The summed E-state index contributed by atoms with van der Waals surface area (Å²) in [6.45, 7) is 17.8. The molecule has 0 bridgehead atoms. The van der Waals surface area contributed by atoms with Gasteiger partial charge in [-0.15, -0.1) is 12.0 Å². The molecule has 0 aromatic carbocycles. The van der Waals surface area contributed by atoms with E-state index in [1.165, 1.54) is 38.5 Å². The van der Waals surface area contributed by atoms with E-state index in [0.29, 0.717) is 5.92 Å². The van der Waals surface area contributed by atoms with E-state index in [0.717, 1.165) is 36.3 Å². The molecule has 0 aliphatic heterocycles. The van der Waals surface area contributed by atoms with E-state index in [9.17, 15) is 0 Å². The fraction of sp³-hybridized carbons (Fsp3) is 0.412. The van der Waals surface area contributed by atoms with Crippen LogP contribution in [0.2, 0.25) is 0 Å². The summed E-state index contributed by atoms with van der Waals surface area (Å²) in [5, 5.41) is 0. The van der Waals surface area contributed by atoms with Crippen LogP contribution in [-0.4, -0.2) is 15.0 Å². The first-order chi connectivity index (χ1) is 17.6. The van der Waals surface area contributed by atoms with E-state index >= 15 is 0 Å². The maximum absolute atomic E-state index is 4.27. The number of unbranched alkanes of at least 4 members (excludes halogenated alkanes) is 5. The first-order valence-corrected chi connectivity index (χ1v) is 13.4. The van der Waals surface area contributed by atoms with E-state index in [-0.39, 0.29) is 64.0 Å². The Balaban J connectivity index is -0.000000139. The second kappa shape index (κ2) is 37.9. The third kappa shape index (κ3) is 29.8. The van der Waals surface area contributed by atoms with Crippen molar-refractivity contribution < 1.29 is 56.6 Å². The summed E-state index contributed by atoms with van der Waals surface area (Å²) in [6, 6.07) is 17.8. The molecule has 0 saturated carbocycles. The van der Waals surface area contributed by atoms with E-state index in [2.05, 4.69) is 62.6 Å². The normalized spacial score (nSPS) is 9.22. The monoisotopic (exact) mass is 523 g/mol. The van der Waals surface area contributed by atoms with Crippen LogP contribution in [-0.2, 0) is 0 Å². The number of pyridine rings is 3. The molecule has 0 spiro atoms. The minimum Gasteiger partial charge on any atom is -0.343 e. The molecular formula is C34H52Li3N3. The predicted octanol–water partition coefficient (Wildman–Crippen LogP) is 1.40. The largest absolute Gasteiger partial charge is 1.00 e. The maximum atomic E-state index is 4.27. The van der Waals surface area contributed by atoms with Crippen LogP contribution in [0.25, 0.3) is 6.08 Å². The van der Waals surface area contributed by atoms with Gasteiger partial charge in [0, 0.05) is 24.3 Å². The molecule has 3 nitrogen and oxygen atoms in total. The van der Waals surface area contributed by atoms with Crippen molar-refractivity contribution in [3.8, 4) is 0 Å². The van der Waals surface area contributed by atoms with Crippen molar-refractivity contribution in [2.45, 2.75) is 91.9 Å². The van der Waals surface area contributed by atoms with Gasteiger partial charge in [-0.25, -0.2) is 6.42 Å². The van der Waals surface area contributed by atoms with Crippen molar-refractivity contribution in [2.75, 3.05) is 0 Å². The zero-order valence-electron chi connectivity index (χ0n) is 26.0. The average Bonchev–Trinajstić information content (AvgIpc) is 2.96. The van der Waals surface area contributed by atoms with Gasteiger partial charge in [-0.1, -0.05) is 110 Å². The maximum Gasteiger partial charge on any atom is 1.00 e. The van der Waals surface area contributed by atoms with Crippen LogP contribution in [0.4, 0.5) is 0 Å². The minimum absolute atomic E-state index is 0. The van der Waals surface area contributed by atoms with Gasteiger partial charge in [-0.05, 0) is 30.3 Å². The molecular weight excluding hydrogens is 471 g/mol. The van der Waals surface area contributed by atoms with Crippen LogP contribution in [0.15, 0.2) is 79.8 Å². The van der Waals surface area contributed by atoms with Gasteiger partial charge in [0.05, 0.1) is 5.69 Å². The fourth-order valence-electron chi connectivity index (χ4n) is 2.85. The molecule has 3 rings (SSSR count). The number of hydrogen-bond donors (Lipinski definition) is 0. The molecule has 3 aromatic rings. The third-order valence-corrected chi connectivity index (χ3v) is 5.11. The fourth-order valence-corrected chi connectivity index (χ4v) is 2.85. The molecule has 0 radical (unpaired) electrons. The first-order valence-electron chi connectivity index (χ1n) is 13.4. The van der Waals surface area contributed by atoms with Crippen LogP contribution >= 0.6 is 0 Å². The molecule has 6 heteroatoms. The first kappa shape index (κ1) is 48.6. The Morgan fingerprint density at radius 2 is 1.32 bits per heavy atom. The number of hydrogen-bond acceptors (Lipinski definition) is 3. The minimum atomic E-state index is 0. The summed E-state index contributed by atoms with van der Waals surface area (Å²) in [5.41, 5.74) is 3.15. The predicted molar refractivity (Wildman–Crippen MR) is 165 cm³/mol. The van der Waals surface area contributed by atoms with E-state index < -0.39 is 0 Å². The molecule has 3 heterocycles. The van der Waals surface area contributed by atoms with E-state index in [1.54, 1.807) is 12.3 Å². The molecule has 0 N–H and O–H groups in total. The van der Waals surface area contributed by atoms with Crippen molar-refractivity contribution in [1.29, 1.82) is 0 Å². The average molecular weight is 524 g/mol. The summed E-state index contributed by atoms with van der Waals surface area (Å²) in [5.74, 6) is 0.367. The summed E-state index contributed by atoms with van der Waals surface area (Å²) >= 11 is 0. The Labute approximate surface area is 284 Å². The molecule has 0 amide bonds. The molecule has 1 atom stereocenters. The number of nitrogens with zero attached hydrogens (tertiary/aromatic N) is 3. The molecule has 0 aliphatic rings. The third-order valence-electron chi connectivity index (χ3n) is 5.11. The Kier molecular flexibility index (Phi) is 46.0. The van der Waals surface area contributed by atoms with Crippen LogP contribution in [0.5, 0.6) is 0 Å². The Morgan fingerprint density at radius 1 is 0.775 bits per heavy atom. The smallest absolute Gasteiger partial charge is 0.343 e. The SMILES string of the molecule is C.C=Cc1ccccn1.CCCCC[CH-]c1ccccn1.[CH2-]C(CCCC)c1ccccn1.[CH2-]CCC.[Li+].[Li+].[Li+]. The van der Waals surface area contributed by atoms with Crippen LogP contribution in [0, 0.1) is 20.3 Å². The summed E-state index contributed by atoms with van der Waals surface area (Å²) in [7, 11) is 0. The van der Waals surface area contributed by atoms with Gasteiger partial charge < -0.3 is 13.8 Å². The van der Waals surface area contributed by atoms with Gasteiger partial charge in [0.1, 0.15) is 0 Å². The molecule has 3 aromatic heterocycles. The number of rotatable bonds is 11. The summed E-state index contributed by atoms with van der Waals surface area (Å²) < 4.78 is 0. The molecule has 0 aliphatic carbocycles. The Morgan fingerprint density at radius 3 is 1.73 bits per heavy atom. The zero-order chi connectivity index (χ0) is 26.7. The van der Waals surface area contributed by atoms with Crippen LogP contribution in [0.1, 0.15) is 109 Å². The van der Waals surface area contributed by atoms with Crippen molar-refractivity contribution >= 4 is 6.08 Å². The van der Waals surface area contributed by atoms with Gasteiger partial charge in [-0.3, -0.25) is 15.0 Å². The second-order valence-corrected chi connectivity index (χ2v) is 8.36. The van der Waals surface area contributed by atoms with Gasteiger partial charge in [-0.2, -0.15) is 12.5 Å². The van der Waals surface area contributed by atoms with Gasteiger partial charge in [0.15, 0.2) is 0 Å². The number of aromatic nitrogens is 3. The Bertz CT molecular complexity index is 833. The quantitative estimate of drug-likeness (QED) is 0.217.